The van der Waals surface area contributed by atoms with Gasteiger partial charge in [-0.25, -0.2) is 9.59 Å². The summed E-state index contributed by atoms with van der Waals surface area (Å²) in [7, 11) is 0. The van der Waals surface area contributed by atoms with Crippen LogP contribution in [-0.4, -0.2) is 40.8 Å². The SMILES string of the molecule is CCC(C)(C)OC(=O)N[C@@H](CCSC)C(=O)O. The summed E-state index contributed by atoms with van der Waals surface area (Å²) in [5, 5.41) is 11.3. The van der Waals surface area contributed by atoms with E-state index in [9.17, 15) is 9.59 Å². The minimum atomic E-state index is -1.04. The van der Waals surface area contributed by atoms with Gasteiger partial charge in [-0.2, -0.15) is 11.8 Å². The molecule has 0 fully saturated rings. The normalized spacial score (nSPS) is 12.9. The molecule has 0 bridgehead atoms. The lowest BCUT2D eigenvalue weighted by Gasteiger charge is -2.24. The van der Waals surface area contributed by atoms with Crippen molar-refractivity contribution < 1.29 is 19.4 Å². The Morgan fingerprint density at radius 1 is 1.47 bits per heavy atom. The number of rotatable bonds is 7. The Kier molecular flexibility index (Phi) is 7.03. The number of thioether (sulfide) groups is 1. The highest BCUT2D eigenvalue weighted by Crippen LogP contribution is 2.13. The van der Waals surface area contributed by atoms with Gasteiger partial charge in [0.1, 0.15) is 11.6 Å². The van der Waals surface area contributed by atoms with E-state index in [1.165, 1.54) is 11.8 Å². The lowest BCUT2D eigenvalue weighted by molar-refractivity contribution is -0.139. The second-order valence-corrected chi connectivity index (χ2v) is 5.30. The van der Waals surface area contributed by atoms with E-state index < -0.39 is 23.7 Å². The van der Waals surface area contributed by atoms with Crippen molar-refractivity contribution in [2.24, 2.45) is 0 Å². The van der Waals surface area contributed by atoms with E-state index in [1.54, 1.807) is 13.8 Å². The van der Waals surface area contributed by atoms with Crippen LogP contribution < -0.4 is 5.32 Å². The first-order valence-corrected chi connectivity index (χ1v) is 6.93. The molecule has 0 aliphatic rings. The standard InChI is InChI=1S/C11H21NO4S/c1-5-11(2,3)16-10(15)12-8(9(13)14)6-7-17-4/h8H,5-7H2,1-4H3,(H,12,15)(H,13,14)/t8-/m0/s1. The van der Waals surface area contributed by atoms with Crippen LogP contribution in [0.3, 0.4) is 0 Å². The molecule has 0 rings (SSSR count). The molecule has 0 radical (unpaired) electrons. The first kappa shape index (κ1) is 16.1. The van der Waals surface area contributed by atoms with Crippen LogP contribution in [-0.2, 0) is 9.53 Å². The maximum atomic E-state index is 11.5. The second kappa shape index (κ2) is 7.42. The molecule has 2 N–H and O–H groups in total. The van der Waals surface area contributed by atoms with Gasteiger partial charge in [0.15, 0.2) is 0 Å². The van der Waals surface area contributed by atoms with Crippen molar-refractivity contribution in [2.75, 3.05) is 12.0 Å². The van der Waals surface area contributed by atoms with E-state index in [4.69, 9.17) is 9.84 Å². The number of carbonyl (C=O) groups excluding carboxylic acids is 1. The fourth-order valence-corrected chi connectivity index (χ4v) is 1.46. The van der Waals surface area contributed by atoms with Crippen molar-refractivity contribution in [2.45, 2.75) is 45.3 Å². The van der Waals surface area contributed by atoms with Crippen molar-refractivity contribution >= 4 is 23.8 Å². The van der Waals surface area contributed by atoms with Crippen molar-refractivity contribution in [3.63, 3.8) is 0 Å². The fraction of sp³-hybridized carbons (Fsp3) is 0.818. The highest BCUT2D eigenvalue weighted by molar-refractivity contribution is 7.98. The van der Waals surface area contributed by atoms with Crippen LogP contribution in [0.5, 0.6) is 0 Å². The molecular formula is C11H21NO4S. The van der Waals surface area contributed by atoms with Gasteiger partial charge in [-0.3, -0.25) is 0 Å². The van der Waals surface area contributed by atoms with Crippen LogP contribution in [0.15, 0.2) is 0 Å². The molecule has 5 nitrogen and oxygen atoms in total. The highest BCUT2D eigenvalue weighted by Gasteiger charge is 2.25. The second-order valence-electron chi connectivity index (χ2n) is 4.32. The van der Waals surface area contributed by atoms with Gasteiger partial charge in [0.2, 0.25) is 0 Å². The first-order valence-electron chi connectivity index (χ1n) is 5.53. The lowest BCUT2D eigenvalue weighted by atomic mass is 10.1. The van der Waals surface area contributed by atoms with E-state index >= 15 is 0 Å². The van der Waals surface area contributed by atoms with Crippen molar-refractivity contribution in [3.8, 4) is 0 Å². The third-order valence-electron chi connectivity index (χ3n) is 2.42. The van der Waals surface area contributed by atoms with Crippen molar-refractivity contribution in [1.29, 1.82) is 0 Å². The van der Waals surface area contributed by atoms with Crippen molar-refractivity contribution in [1.82, 2.24) is 5.32 Å². The molecule has 100 valence electrons. The van der Waals surface area contributed by atoms with E-state index in [-0.39, 0.29) is 0 Å². The maximum absolute atomic E-state index is 11.5. The summed E-state index contributed by atoms with van der Waals surface area (Å²) in [6.07, 6.45) is 2.27. The Labute approximate surface area is 106 Å². The minimum Gasteiger partial charge on any atom is -0.480 e. The first-order chi connectivity index (χ1) is 7.82. The van der Waals surface area contributed by atoms with E-state index in [0.717, 1.165) is 0 Å². The van der Waals surface area contributed by atoms with Crippen molar-refractivity contribution in [3.05, 3.63) is 0 Å². The number of nitrogens with one attached hydrogen (secondary N) is 1. The lowest BCUT2D eigenvalue weighted by Crippen LogP contribution is -2.44. The zero-order chi connectivity index (χ0) is 13.5. The van der Waals surface area contributed by atoms with Gasteiger partial charge in [0.05, 0.1) is 0 Å². The molecule has 0 spiro atoms. The number of aliphatic carboxylic acids is 1. The zero-order valence-electron chi connectivity index (χ0n) is 10.8. The van der Waals surface area contributed by atoms with Gasteiger partial charge in [-0.15, -0.1) is 0 Å². The molecule has 0 unspecified atom stereocenters. The predicted octanol–water partition coefficient (Wildman–Crippen LogP) is 2.11. The molecule has 0 aliphatic carbocycles. The van der Waals surface area contributed by atoms with E-state index in [1.807, 2.05) is 13.2 Å². The Balaban J connectivity index is 4.26. The number of alkyl carbamates (subject to hydrolysis) is 1. The number of hydrogen-bond acceptors (Lipinski definition) is 4. The van der Waals surface area contributed by atoms with Crippen LogP contribution in [0.2, 0.25) is 0 Å². The minimum absolute atomic E-state index is 0.387. The van der Waals surface area contributed by atoms with Gasteiger partial charge >= 0.3 is 12.1 Å². The quantitative estimate of drug-likeness (QED) is 0.735. The summed E-state index contributed by atoms with van der Waals surface area (Å²) in [5.74, 6) is -0.362. The average molecular weight is 263 g/mol. The number of ether oxygens (including phenoxy) is 1. The molecule has 0 aromatic carbocycles. The Morgan fingerprint density at radius 2 is 2.06 bits per heavy atom. The van der Waals surface area contributed by atoms with Gasteiger partial charge in [-0.1, -0.05) is 6.92 Å². The third-order valence-corrected chi connectivity index (χ3v) is 3.07. The molecule has 0 aliphatic heterocycles. The van der Waals surface area contributed by atoms with Crippen LogP contribution in [0, 0.1) is 0 Å². The summed E-state index contributed by atoms with van der Waals surface area (Å²) >= 11 is 1.54. The molecule has 0 saturated carbocycles. The van der Waals surface area contributed by atoms with Crippen LogP contribution in [0.25, 0.3) is 0 Å². The topological polar surface area (TPSA) is 75.6 Å². The molecule has 0 saturated heterocycles. The Hall–Kier alpha value is -0.910. The van der Waals surface area contributed by atoms with E-state index in [2.05, 4.69) is 5.32 Å². The molecule has 6 heteroatoms. The maximum Gasteiger partial charge on any atom is 0.408 e. The number of carboxylic acids is 1. The molecule has 1 atom stereocenters. The Bertz CT molecular complexity index is 268. The van der Waals surface area contributed by atoms with Gasteiger partial charge in [0.25, 0.3) is 0 Å². The van der Waals surface area contributed by atoms with E-state index in [0.29, 0.717) is 18.6 Å². The fourth-order valence-electron chi connectivity index (χ4n) is 0.988. The Morgan fingerprint density at radius 3 is 2.47 bits per heavy atom. The molecule has 0 heterocycles. The average Bonchev–Trinajstić information content (AvgIpc) is 2.23. The number of carboxylic acid groups (broad SMARTS) is 1. The zero-order valence-corrected chi connectivity index (χ0v) is 11.6. The summed E-state index contributed by atoms with van der Waals surface area (Å²) in [5.41, 5.74) is -0.577. The summed E-state index contributed by atoms with van der Waals surface area (Å²) in [4.78, 5) is 22.4. The molecule has 17 heavy (non-hydrogen) atoms. The number of carbonyl (C=O) groups is 2. The predicted molar refractivity (Wildman–Crippen MR) is 68.4 cm³/mol. The monoisotopic (exact) mass is 263 g/mol. The van der Waals surface area contributed by atoms with Crippen LogP contribution >= 0.6 is 11.8 Å². The highest BCUT2D eigenvalue weighted by atomic mass is 32.2. The number of amides is 1. The largest absolute Gasteiger partial charge is 0.480 e. The molecule has 0 aromatic rings. The smallest absolute Gasteiger partial charge is 0.408 e. The summed E-state index contributed by atoms with van der Waals surface area (Å²) < 4.78 is 5.13. The molecule has 0 aromatic heterocycles. The number of hydrogen-bond donors (Lipinski definition) is 2. The summed E-state index contributed by atoms with van der Waals surface area (Å²) in [6.45, 7) is 5.46. The van der Waals surface area contributed by atoms with Crippen LogP contribution in [0.1, 0.15) is 33.6 Å². The molecular weight excluding hydrogens is 242 g/mol. The summed E-state index contributed by atoms with van der Waals surface area (Å²) in [6, 6.07) is -0.886. The third kappa shape index (κ3) is 7.10. The van der Waals surface area contributed by atoms with Gasteiger partial charge < -0.3 is 15.2 Å². The van der Waals surface area contributed by atoms with Gasteiger partial charge in [-0.05, 0) is 38.7 Å². The van der Waals surface area contributed by atoms with Crippen LogP contribution in [0.4, 0.5) is 4.79 Å². The van der Waals surface area contributed by atoms with Gasteiger partial charge in [0, 0.05) is 0 Å². The molecule has 1 amide bonds.